The largest absolute Gasteiger partial charge is 0.456 e. The minimum absolute atomic E-state index is 0.0316. The first kappa shape index (κ1) is 48.4. The number of nitrogens with one attached hydrogen (secondary N) is 1. The molecule has 0 aromatic heterocycles. The van der Waals surface area contributed by atoms with E-state index in [-0.39, 0.29) is 36.3 Å². The lowest BCUT2D eigenvalue weighted by Crippen LogP contribution is -2.81. The highest BCUT2D eigenvalue weighted by molar-refractivity contribution is 5.95. The Balaban J connectivity index is 1.23. The van der Waals surface area contributed by atoms with Crippen molar-refractivity contribution in [2.24, 2.45) is 16.7 Å². The molecule has 4 aliphatic rings. The molecule has 4 N–H and O–H groups in total. The Hall–Kier alpha value is -6.07. The number of aliphatic hydroxyl groups excluding tert-OH is 2. The van der Waals surface area contributed by atoms with Crippen LogP contribution in [0.4, 0.5) is 0 Å². The van der Waals surface area contributed by atoms with Gasteiger partial charge in [0.2, 0.25) is 0 Å². The number of aliphatic hydroxyl groups is 3. The summed E-state index contributed by atoms with van der Waals surface area (Å²) < 4.78 is 37.0. The molecule has 15 heteroatoms. The molecule has 2 bridgehead atoms. The zero-order valence-electron chi connectivity index (χ0n) is 38.5. The molecule has 4 aromatic rings. The number of fused-ring (bicyclic) bond motifs is 5. The van der Waals surface area contributed by atoms with Gasteiger partial charge in [-0.25, -0.2) is 9.59 Å². The third-order valence-electron chi connectivity index (χ3n) is 14.6. The maximum absolute atomic E-state index is 15.2. The minimum atomic E-state index is -2.36. The summed E-state index contributed by atoms with van der Waals surface area (Å²) in [5, 5.41) is 41.2. The molecule has 3 fully saturated rings. The minimum Gasteiger partial charge on any atom is -0.456 e. The number of esters is 3. The number of benzene rings is 4. The van der Waals surface area contributed by atoms with E-state index >= 15 is 9.59 Å². The van der Waals surface area contributed by atoms with Gasteiger partial charge in [-0.1, -0.05) is 111 Å². The van der Waals surface area contributed by atoms with Crippen LogP contribution in [0, 0.1) is 16.7 Å². The Morgan fingerprint density at radius 3 is 2.00 bits per heavy atom. The predicted molar refractivity (Wildman–Crippen MR) is 243 cm³/mol. The number of carbonyl (C=O) groups excluding carboxylic acids is 5. The third-order valence-corrected chi connectivity index (χ3v) is 14.6. The Kier molecular flexibility index (Phi) is 13.6. The highest BCUT2D eigenvalue weighted by atomic mass is 16.7. The molecule has 3 aliphatic carbocycles. The molecular formula is C53H57NO14. The van der Waals surface area contributed by atoms with Crippen LogP contribution in [0.15, 0.2) is 132 Å². The fourth-order valence-electron chi connectivity index (χ4n) is 10.9. The highest BCUT2D eigenvalue weighted by Crippen LogP contribution is 2.64. The fraction of sp³-hybridized carbons (Fsp3) is 0.415. The molecule has 358 valence electrons. The van der Waals surface area contributed by atoms with Crippen LogP contribution in [-0.4, -0.2) is 106 Å². The van der Waals surface area contributed by atoms with Gasteiger partial charge in [0.15, 0.2) is 17.5 Å². The molecule has 4 aromatic carbocycles. The average molecular weight is 932 g/mol. The van der Waals surface area contributed by atoms with E-state index in [9.17, 15) is 29.7 Å². The van der Waals surface area contributed by atoms with Crippen molar-refractivity contribution in [2.75, 3.05) is 13.4 Å². The first-order valence-corrected chi connectivity index (χ1v) is 22.7. The number of Topliss-reactive ketones (excluding diaryl/α,β-unsaturated/α-hetero) is 1. The van der Waals surface area contributed by atoms with Gasteiger partial charge in [0.05, 0.1) is 42.3 Å². The van der Waals surface area contributed by atoms with Crippen LogP contribution in [0.3, 0.4) is 0 Å². The van der Waals surface area contributed by atoms with Gasteiger partial charge in [-0.3, -0.25) is 14.4 Å². The van der Waals surface area contributed by atoms with Crippen LogP contribution < -0.4 is 5.32 Å². The van der Waals surface area contributed by atoms with Crippen molar-refractivity contribution in [3.63, 3.8) is 0 Å². The van der Waals surface area contributed by atoms with Crippen LogP contribution in [0.1, 0.15) is 85.3 Å². The number of hydrogen-bond donors (Lipinski definition) is 4. The monoisotopic (exact) mass is 931 g/mol. The van der Waals surface area contributed by atoms with Crippen LogP contribution in [0.2, 0.25) is 0 Å². The molecule has 68 heavy (non-hydrogen) atoms. The number of hydrogen-bond acceptors (Lipinski definition) is 14. The summed E-state index contributed by atoms with van der Waals surface area (Å²) in [5.74, 6) is -5.62. The van der Waals surface area contributed by atoms with E-state index in [0.717, 1.165) is 5.56 Å². The summed E-state index contributed by atoms with van der Waals surface area (Å²) in [7, 11) is 0. The molecule has 1 unspecified atom stereocenters. The Labute approximate surface area is 394 Å². The van der Waals surface area contributed by atoms with Crippen LogP contribution in [0.25, 0.3) is 0 Å². The standard InChI is InChI=1S/C53H57NO14/c1-31-37(66-49(61)43(65-30-63-28-33-18-10-6-11-19-33)41(34-20-12-7-13-21-34)54-47(59)35-22-14-8-15-23-35)27-53(62)46(67-48(60)36-24-16-9-17-25-36)44-51(5,45(58)42(57)40(31)50(53,3)4)38(56)26-39-52(44,29-64-39)68-32(2)55/h6-25,37-39,41-44,46,56-57,62H,26-30H2,1-5H3,(H,54,59)/t37-,38-,39+,41-,42+,43+,44?,46-,51+,52-,53+/m0/s1. The lowest BCUT2D eigenvalue weighted by atomic mass is 9.44. The molecule has 1 saturated heterocycles. The third kappa shape index (κ3) is 8.56. The number of amides is 1. The maximum Gasteiger partial charge on any atom is 0.338 e. The van der Waals surface area contributed by atoms with Crippen molar-refractivity contribution in [3.05, 3.63) is 155 Å². The van der Waals surface area contributed by atoms with Gasteiger partial charge in [0, 0.05) is 30.7 Å². The van der Waals surface area contributed by atoms with Crippen molar-refractivity contribution in [2.45, 2.75) is 108 Å². The summed E-state index contributed by atoms with van der Waals surface area (Å²) >= 11 is 0. The molecule has 1 aliphatic heterocycles. The predicted octanol–water partition coefficient (Wildman–Crippen LogP) is 5.36. The maximum atomic E-state index is 15.2. The van der Waals surface area contributed by atoms with Crippen molar-refractivity contribution >= 4 is 29.6 Å². The van der Waals surface area contributed by atoms with Gasteiger partial charge >= 0.3 is 17.9 Å². The van der Waals surface area contributed by atoms with Gasteiger partial charge < -0.3 is 49.1 Å². The van der Waals surface area contributed by atoms with Gasteiger partial charge in [-0.15, -0.1) is 0 Å². The lowest BCUT2D eigenvalue weighted by Gasteiger charge is -2.67. The van der Waals surface area contributed by atoms with Gasteiger partial charge in [0.25, 0.3) is 5.91 Å². The van der Waals surface area contributed by atoms with E-state index in [0.29, 0.717) is 11.1 Å². The van der Waals surface area contributed by atoms with E-state index in [2.05, 4.69) is 5.32 Å². The second-order valence-corrected chi connectivity index (χ2v) is 18.9. The van der Waals surface area contributed by atoms with E-state index < -0.39 is 113 Å². The van der Waals surface area contributed by atoms with Crippen molar-refractivity contribution in [1.82, 2.24) is 5.32 Å². The van der Waals surface area contributed by atoms with Crippen LogP contribution in [0.5, 0.6) is 0 Å². The number of ketones is 1. The Bertz CT molecular complexity index is 2540. The topological polar surface area (TPSA) is 213 Å². The molecule has 1 heterocycles. The average Bonchev–Trinajstić information content (AvgIpc) is 3.33. The second-order valence-electron chi connectivity index (χ2n) is 18.9. The Morgan fingerprint density at radius 2 is 1.41 bits per heavy atom. The zero-order chi connectivity index (χ0) is 48.6. The van der Waals surface area contributed by atoms with E-state index in [4.69, 9.17) is 28.4 Å². The fourth-order valence-corrected chi connectivity index (χ4v) is 10.9. The highest BCUT2D eigenvalue weighted by Gasteiger charge is 2.78. The van der Waals surface area contributed by atoms with E-state index in [1.54, 1.807) is 99.6 Å². The molecule has 1 amide bonds. The first-order chi connectivity index (χ1) is 32.4. The zero-order valence-corrected chi connectivity index (χ0v) is 38.5. The summed E-state index contributed by atoms with van der Waals surface area (Å²) in [6, 6.07) is 33.1. The molecule has 0 radical (unpaired) electrons. The molecule has 2 saturated carbocycles. The normalized spacial score (nSPS) is 30.1. The van der Waals surface area contributed by atoms with Gasteiger partial charge in [0.1, 0.15) is 36.8 Å². The summed E-state index contributed by atoms with van der Waals surface area (Å²) in [5.41, 5.74) is -5.88. The van der Waals surface area contributed by atoms with Gasteiger partial charge in [-0.05, 0) is 60.4 Å². The van der Waals surface area contributed by atoms with E-state index in [1.807, 2.05) is 30.3 Å². The molecule has 8 rings (SSSR count). The number of carbonyl (C=O) groups is 5. The van der Waals surface area contributed by atoms with Crippen molar-refractivity contribution in [1.29, 1.82) is 0 Å². The summed E-state index contributed by atoms with van der Waals surface area (Å²) in [6.45, 7) is 6.72. The van der Waals surface area contributed by atoms with Gasteiger partial charge in [-0.2, -0.15) is 0 Å². The molecular weight excluding hydrogens is 875 g/mol. The first-order valence-electron chi connectivity index (χ1n) is 22.7. The van der Waals surface area contributed by atoms with Crippen LogP contribution >= 0.6 is 0 Å². The summed E-state index contributed by atoms with van der Waals surface area (Å²) in [4.78, 5) is 71.6. The second kappa shape index (κ2) is 19.1. The van der Waals surface area contributed by atoms with Crippen LogP contribution in [-0.2, 0) is 49.4 Å². The molecule has 15 nitrogen and oxygen atoms in total. The van der Waals surface area contributed by atoms with Crippen molar-refractivity contribution < 1.29 is 67.7 Å². The summed E-state index contributed by atoms with van der Waals surface area (Å²) in [6.07, 6.45) is -10.1. The smallest absolute Gasteiger partial charge is 0.338 e. The molecule has 0 spiro atoms. The Morgan fingerprint density at radius 1 is 0.824 bits per heavy atom. The molecule has 11 atom stereocenters. The van der Waals surface area contributed by atoms with E-state index in [1.165, 1.54) is 26.0 Å². The lowest BCUT2D eigenvalue weighted by molar-refractivity contribution is -0.346. The SMILES string of the molecule is CC(=O)O[C@@]12CO[C@@H]1C[C@H](O)[C@@]1(C)C(=O)[C@H](O)C3=C(C)[C@@H](OC(=O)[C@H](OCOCc4ccccc4)[C@@H](NC(=O)c4ccccc4)c4ccccc4)C[C@@](O)([C@@H](OC(=O)c4ccccc4)C12)C3(C)C. The number of ether oxygens (including phenoxy) is 6. The van der Waals surface area contributed by atoms with Crippen molar-refractivity contribution in [3.8, 4) is 0 Å². The number of rotatable bonds is 14. The quantitative estimate of drug-likeness (QED) is 0.0412.